The quantitative estimate of drug-likeness (QED) is 0.715. The molecule has 1 aliphatic rings. The van der Waals surface area contributed by atoms with Gasteiger partial charge in [-0.25, -0.2) is 0 Å². The minimum atomic E-state index is -0.500. The molecule has 12 heavy (non-hydrogen) atoms. The third-order valence-electron chi connectivity index (χ3n) is 2.16. The van der Waals surface area contributed by atoms with E-state index in [1.165, 1.54) is 0 Å². The fourth-order valence-corrected chi connectivity index (χ4v) is 2.51. The monoisotopic (exact) mass is 189 g/mol. The van der Waals surface area contributed by atoms with Crippen LogP contribution >= 0.6 is 11.8 Å². The Morgan fingerprint density at radius 2 is 2.17 bits per heavy atom. The molecule has 3 heteroatoms. The standard InChI is InChI=1S/C9H19NOS/c1-8-4-10(5-8)6-9(2,11)7-12-3/h8,11H,4-7H2,1-3H3. The number of thioether (sulfide) groups is 1. The molecule has 1 rings (SSSR count). The zero-order valence-electron chi connectivity index (χ0n) is 8.21. The predicted molar refractivity (Wildman–Crippen MR) is 54.6 cm³/mol. The summed E-state index contributed by atoms with van der Waals surface area (Å²) in [4.78, 5) is 2.32. The van der Waals surface area contributed by atoms with Gasteiger partial charge in [0.15, 0.2) is 0 Å². The maximum atomic E-state index is 9.87. The largest absolute Gasteiger partial charge is 0.388 e. The van der Waals surface area contributed by atoms with Gasteiger partial charge in [-0.2, -0.15) is 11.8 Å². The number of rotatable bonds is 4. The molecule has 1 fully saturated rings. The molecule has 1 heterocycles. The summed E-state index contributed by atoms with van der Waals surface area (Å²) < 4.78 is 0. The first-order valence-electron chi connectivity index (χ1n) is 4.47. The van der Waals surface area contributed by atoms with Crippen LogP contribution in [0.25, 0.3) is 0 Å². The predicted octanol–water partition coefficient (Wildman–Crippen LogP) is 1.05. The molecule has 1 unspecified atom stereocenters. The van der Waals surface area contributed by atoms with Crippen molar-refractivity contribution < 1.29 is 5.11 Å². The fourth-order valence-electron chi connectivity index (χ4n) is 1.80. The summed E-state index contributed by atoms with van der Waals surface area (Å²) in [7, 11) is 0. The molecule has 0 saturated carbocycles. The highest BCUT2D eigenvalue weighted by Gasteiger charge is 2.29. The maximum absolute atomic E-state index is 9.87. The van der Waals surface area contributed by atoms with Gasteiger partial charge >= 0.3 is 0 Å². The number of β-amino-alcohol motifs (C(OH)–C–C–N with tert-alkyl or cyclic N) is 1. The molecule has 0 spiro atoms. The summed E-state index contributed by atoms with van der Waals surface area (Å²) in [5, 5.41) is 9.87. The molecule has 1 atom stereocenters. The van der Waals surface area contributed by atoms with Crippen molar-refractivity contribution >= 4 is 11.8 Å². The normalized spacial score (nSPS) is 25.0. The zero-order chi connectivity index (χ0) is 9.19. The Labute approximate surface area is 79.3 Å². The zero-order valence-corrected chi connectivity index (χ0v) is 9.02. The maximum Gasteiger partial charge on any atom is 0.0835 e. The lowest BCUT2D eigenvalue weighted by atomic mass is 9.99. The molecule has 1 aliphatic heterocycles. The second kappa shape index (κ2) is 3.99. The van der Waals surface area contributed by atoms with Crippen LogP contribution < -0.4 is 0 Å². The minimum Gasteiger partial charge on any atom is -0.388 e. The molecule has 0 aromatic rings. The van der Waals surface area contributed by atoms with Gasteiger partial charge in [-0.05, 0) is 19.1 Å². The number of likely N-dealkylation sites (tertiary alicyclic amines) is 1. The van der Waals surface area contributed by atoms with E-state index < -0.39 is 5.60 Å². The van der Waals surface area contributed by atoms with E-state index in [0.717, 1.165) is 31.3 Å². The molecule has 1 saturated heterocycles. The van der Waals surface area contributed by atoms with E-state index in [0.29, 0.717) is 0 Å². The van der Waals surface area contributed by atoms with E-state index in [2.05, 4.69) is 11.8 Å². The van der Waals surface area contributed by atoms with Crippen LogP contribution in [0.5, 0.6) is 0 Å². The second-order valence-electron chi connectivity index (χ2n) is 4.23. The van der Waals surface area contributed by atoms with Crippen LogP contribution in [0.1, 0.15) is 13.8 Å². The Hall–Kier alpha value is 0.270. The summed E-state index contributed by atoms with van der Waals surface area (Å²) >= 11 is 1.71. The van der Waals surface area contributed by atoms with E-state index in [1.807, 2.05) is 13.2 Å². The van der Waals surface area contributed by atoms with E-state index >= 15 is 0 Å². The van der Waals surface area contributed by atoms with Crippen LogP contribution in [0.2, 0.25) is 0 Å². The Bertz CT molecular complexity index is 143. The van der Waals surface area contributed by atoms with E-state index in [4.69, 9.17) is 0 Å². The summed E-state index contributed by atoms with van der Waals surface area (Å²) in [5.74, 6) is 1.66. The molecular formula is C9H19NOS. The lowest BCUT2D eigenvalue weighted by Gasteiger charge is -2.41. The lowest BCUT2D eigenvalue weighted by molar-refractivity contribution is -0.000391. The Morgan fingerprint density at radius 1 is 1.58 bits per heavy atom. The molecule has 1 N–H and O–H groups in total. The highest BCUT2D eigenvalue weighted by atomic mass is 32.2. The van der Waals surface area contributed by atoms with Crippen LogP contribution in [0, 0.1) is 5.92 Å². The van der Waals surface area contributed by atoms with E-state index in [1.54, 1.807) is 11.8 Å². The Kier molecular flexibility index (Phi) is 3.44. The molecule has 0 radical (unpaired) electrons. The van der Waals surface area contributed by atoms with Crippen molar-refractivity contribution in [3.8, 4) is 0 Å². The summed E-state index contributed by atoms with van der Waals surface area (Å²) in [6.07, 6.45) is 2.03. The van der Waals surface area contributed by atoms with Crippen LogP contribution in [0.3, 0.4) is 0 Å². The lowest BCUT2D eigenvalue weighted by Crippen LogP contribution is -2.52. The van der Waals surface area contributed by atoms with Crippen molar-refractivity contribution in [2.24, 2.45) is 5.92 Å². The third-order valence-corrected chi connectivity index (χ3v) is 3.07. The average molecular weight is 189 g/mol. The molecule has 2 nitrogen and oxygen atoms in total. The first-order valence-corrected chi connectivity index (χ1v) is 5.86. The highest BCUT2D eigenvalue weighted by Crippen LogP contribution is 2.19. The van der Waals surface area contributed by atoms with Gasteiger partial charge in [-0.1, -0.05) is 6.92 Å². The van der Waals surface area contributed by atoms with Crippen LogP contribution in [0.4, 0.5) is 0 Å². The van der Waals surface area contributed by atoms with Gasteiger partial charge in [0.25, 0.3) is 0 Å². The van der Waals surface area contributed by atoms with Gasteiger partial charge in [0, 0.05) is 25.4 Å². The van der Waals surface area contributed by atoms with Gasteiger partial charge in [-0.3, -0.25) is 4.90 Å². The van der Waals surface area contributed by atoms with Crippen LogP contribution in [-0.4, -0.2) is 47.3 Å². The molecule has 0 aliphatic carbocycles. The van der Waals surface area contributed by atoms with Crippen LogP contribution in [-0.2, 0) is 0 Å². The molecule has 0 aromatic heterocycles. The van der Waals surface area contributed by atoms with Crippen molar-refractivity contribution in [3.05, 3.63) is 0 Å². The molecule has 0 aromatic carbocycles. The summed E-state index contributed by atoms with van der Waals surface area (Å²) in [6.45, 7) is 7.32. The minimum absolute atomic E-state index is 0.500. The SMILES string of the molecule is CSCC(C)(O)CN1CC(C)C1. The van der Waals surface area contributed by atoms with Crippen molar-refractivity contribution in [2.75, 3.05) is 31.6 Å². The highest BCUT2D eigenvalue weighted by molar-refractivity contribution is 7.98. The fraction of sp³-hybridized carbons (Fsp3) is 1.00. The molecule has 0 bridgehead atoms. The number of nitrogens with zero attached hydrogens (tertiary/aromatic N) is 1. The second-order valence-corrected chi connectivity index (χ2v) is 5.10. The van der Waals surface area contributed by atoms with Crippen LogP contribution in [0.15, 0.2) is 0 Å². The van der Waals surface area contributed by atoms with Crippen molar-refractivity contribution in [2.45, 2.75) is 19.4 Å². The van der Waals surface area contributed by atoms with Crippen molar-refractivity contribution in [1.29, 1.82) is 0 Å². The first kappa shape index (κ1) is 10.4. The Balaban J connectivity index is 2.20. The van der Waals surface area contributed by atoms with E-state index in [-0.39, 0.29) is 0 Å². The van der Waals surface area contributed by atoms with Gasteiger partial charge in [0.1, 0.15) is 0 Å². The van der Waals surface area contributed by atoms with Gasteiger partial charge in [0.05, 0.1) is 5.60 Å². The van der Waals surface area contributed by atoms with Gasteiger partial charge in [-0.15, -0.1) is 0 Å². The molecule has 0 amide bonds. The number of aliphatic hydroxyl groups is 1. The van der Waals surface area contributed by atoms with E-state index in [9.17, 15) is 5.11 Å². The topological polar surface area (TPSA) is 23.5 Å². The van der Waals surface area contributed by atoms with Gasteiger partial charge in [0.2, 0.25) is 0 Å². The van der Waals surface area contributed by atoms with Crippen molar-refractivity contribution in [1.82, 2.24) is 4.90 Å². The smallest absolute Gasteiger partial charge is 0.0835 e. The molecule has 72 valence electrons. The van der Waals surface area contributed by atoms with Gasteiger partial charge < -0.3 is 5.11 Å². The summed E-state index contributed by atoms with van der Waals surface area (Å²) in [5.41, 5.74) is -0.500. The third kappa shape index (κ3) is 2.96. The molecular weight excluding hydrogens is 170 g/mol. The average Bonchev–Trinajstić information content (AvgIpc) is 1.83. The van der Waals surface area contributed by atoms with Crippen molar-refractivity contribution in [3.63, 3.8) is 0 Å². The summed E-state index contributed by atoms with van der Waals surface area (Å²) in [6, 6.07) is 0. The first-order chi connectivity index (χ1) is 5.53. The Morgan fingerprint density at radius 3 is 2.58 bits per heavy atom. The number of hydrogen-bond acceptors (Lipinski definition) is 3. The number of hydrogen-bond donors (Lipinski definition) is 1.